The number of benzene rings is 2. The third-order valence-corrected chi connectivity index (χ3v) is 5.36. The van der Waals surface area contributed by atoms with E-state index in [9.17, 15) is 10.1 Å². The molecule has 132 valence electrons. The van der Waals surface area contributed by atoms with E-state index in [0.29, 0.717) is 16.8 Å². The van der Waals surface area contributed by atoms with Gasteiger partial charge in [0.1, 0.15) is 5.71 Å². The topological polar surface area (TPSA) is 56.5 Å². The van der Waals surface area contributed by atoms with Gasteiger partial charge in [-0.15, -0.1) is 0 Å². The number of nitrogens with zero attached hydrogens (tertiary/aromatic N) is 3. The first-order valence-electron chi connectivity index (χ1n) is 8.82. The van der Waals surface area contributed by atoms with Gasteiger partial charge in [-0.05, 0) is 11.6 Å². The highest BCUT2D eigenvalue weighted by Gasteiger charge is 2.38. The summed E-state index contributed by atoms with van der Waals surface area (Å²) in [6, 6.07) is 17.8. The van der Waals surface area contributed by atoms with E-state index < -0.39 is 0 Å². The molecule has 27 heavy (non-hydrogen) atoms. The molecular formula is C23H19N3O. The number of aliphatic imine (C=N–C) groups is 1. The summed E-state index contributed by atoms with van der Waals surface area (Å²) >= 11 is 0. The molecule has 0 unspecified atom stereocenters. The molecule has 0 atom stereocenters. The fourth-order valence-corrected chi connectivity index (χ4v) is 3.92. The average molecular weight is 353 g/mol. The van der Waals surface area contributed by atoms with Crippen LogP contribution in [0.25, 0.3) is 5.57 Å². The maximum atomic E-state index is 12.6. The van der Waals surface area contributed by atoms with Gasteiger partial charge in [-0.2, -0.15) is 5.26 Å². The van der Waals surface area contributed by atoms with Crippen LogP contribution in [0.5, 0.6) is 0 Å². The number of anilines is 1. The van der Waals surface area contributed by atoms with Crippen molar-refractivity contribution in [2.45, 2.75) is 19.3 Å². The number of rotatable bonds is 1. The fourth-order valence-electron chi connectivity index (χ4n) is 3.92. The van der Waals surface area contributed by atoms with Gasteiger partial charge < -0.3 is 4.90 Å². The van der Waals surface area contributed by atoms with Crippen LogP contribution in [0.1, 0.15) is 30.5 Å². The Kier molecular flexibility index (Phi) is 3.82. The Labute approximate surface area is 158 Å². The van der Waals surface area contributed by atoms with E-state index in [1.165, 1.54) is 11.6 Å². The third-order valence-electron chi connectivity index (χ3n) is 5.36. The number of hydrogen-bond acceptors (Lipinski definition) is 4. The molecular weight excluding hydrogens is 334 g/mol. The lowest BCUT2D eigenvalue weighted by Gasteiger charge is -2.23. The predicted molar refractivity (Wildman–Crippen MR) is 108 cm³/mol. The Balaban J connectivity index is 1.83. The van der Waals surface area contributed by atoms with Gasteiger partial charge in [0.2, 0.25) is 5.78 Å². The zero-order valence-corrected chi connectivity index (χ0v) is 15.5. The Hall–Kier alpha value is -3.45. The van der Waals surface area contributed by atoms with E-state index in [0.717, 1.165) is 16.9 Å². The van der Waals surface area contributed by atoms with Crippen LogP contribution in [-0.4, -0.2) is 18.5 Å². The summed E-state index contributed by atoms with van der Waals surface area (Å²) in [4.78, 5) is 19.3. The molecule has 0 fully saturated rings. The highest BCUT2D eigenvalue weighted by Crippen LogP contribution is 2.46. The highest BCUT2D eigenvalue weighted by molar-refractivity contribution is 6.53. The molecule has 2 aromatic carbocycles. The number of para-hydroxylation sites is 1. The van der Waals surface area contributed by atoms with Gasteiger partial charge in [0, 0.05) is 47.2 Å². The van der Waals surface area contributed by atoms with Gasteiger partial charge in [0.05, 0.1) is 11.6 Å². The van der Waals surface area contributed by atoms with Crippen LogP contribution < -0.4 is 4.90 Å². The number of allylic oxidation sites excluding steroid dienone is 3. The van der Waals surface area contributed by atoms with Crippen molar-refractivity contribution in [3.05, 3.63) is 83.2 Å². The molecule has 0 bridgehead atoms. The summed E-state index contributed by atoms with van der Waals surface area (Å²) in [5, 5.41) is 9.32. The van der Waals surface area contributed by atoms with E-state index in [1.54, 1.807) is 6.20 Å². The molecule has 1 heterocycles. The SMILES string of the molecule is CN1/C(=C\N=C2C(=O)C=C(C#N)c3ccccc32)C(C)(C)c2ccccc21. The van der Waals surface area contributed by atoms with Crippen molar-refractivity contribution in [1.29, 1.82) is 5.26 Å². The Bertz CT molecular complexity index is 1100. The Morgan fingerprint density at radius 1 is 1.07 bits per heavy atom. The minimum Gasteiger partial charge on any atom is -0.346 e. The number of nitriles is 1. The van der Waals surface area contributed by atoms with Crippen LogP contribution in [0, 0.1) is 11.3 Å². The quantitative estimate of drug-likeness (QED) is 0.771. The minimum absolute atomic E-state index is 0.208. The molecule has 0 N–H and O–H groups in total. The molecule has 0 saturated carbocycles. The van der Waals surface area contributed by atoms with Gasteiger partial charge in [0.25, 0.3) is 0 Å². The summed E-state index contributed by atoms with van der Waals surface area (Å²) in [5.41, 5.74) is 5.41. The first-order valence-corrected chi connectivity index (χ1v) is 8.82. The molecule has 1 aliphatic heterocycles. The summed E-state index contributed by atoms with van der Waals surface area (Å²) in [6.07, 6.45) is 3.16. The summed E-state index contributed by atoms with van der Waals surface area (Å²) in [6.45, 7) is 4.32. The molecule has 0 aromatic heterocycles. The van der Waals surface area contributed by atoms with Crippen molar-refractivity contribution in [3.8, 4) is 6.07 Å². The van der Waals surface area contributed by atoms with Crippen LogP contribution in [-0.2, 0) is 10.2 Å². The second-order valence-electron chi connectivity index (χ2n) is 7.27. The van der Waals surface area contributed by atoms with E-state index in [-0.39, 0.29) is 11.2 Å². The Morgan fingerprint density at radius 3 is 2.44 bits per heavy atom. The standard InChI is InChI=1S/C23H19N3O/c1-23(2)18-10-6-7-11-19(18)26(3)21(23)14-25-22-17-9-5-4-8-16(17)15(13-24)12-20(22)27/h4-12,14H,1-3H3/b21-14-,25-22?. The molecule has 4 rings (SSSR count). The van der Waals surface area contributed by atoms with Crippen molar-refractivity contribution < 1.29 is 4.79 Å². The number of ketones is 1. The van der Waals surface area contributed by atoms with Gasteiger partial charge in [-0.3, -0.25) is 9.79 Å². The lowest BCUT2D eigenvalue weighted by Crippen LogP contribution is -2.23. The van der Waals surface area contributed by atoms with E-state index in [2.05, 4.69) is 41.9 Å². The van der Waals surface area contributed by atoms with E-state index in [4.69, 9.17) is 0 Å². The number of carbonyl (C=O) groups excluding carboxylic acids is 1. The maximum absolute atomic E-state index is 12.6. The molecule has 0 amide bonds. The summed E-state index contributed by atoms with van der Waals surface area (Å²) in [7, 11) is 2.02. The summed E-state index contributed by atoms with van der Waals surface area (Å²) < 4.78 is 0. The van der Waals surface area contributed by atoms with Crippen molar-refractivity contribution in [2.75, 3.05) is 11.9 Å². The van der Waals surface area contributed by atoms with Crippen molar-refractivity contribution in [2.24, 2.45) is 4.99 Å². The lowest BCUT2D eigenvalue weighted by molar-refractivity contribution is -0.108. The maximum Gasteiger partial charge on any atom is 0.206 e. The Morgan fingerprint density at radius 2 is 1.74 bits per heavy atom. The first-order chi connectivity index (χ1) is 12.9. The average Bonchev–Trinajstić information content (AvgIpc) is 2.87. The van der Waals surface area contributed by atoms with Crippen molar-refractivity contribution in [3.63, 3.8) is 0 Å². The molecule has 0 spiro atoms. The molecule has 4 heteroatoms. The van der Waals surface area contributed by atoms with E-state index in [1.807, 2.05) is 43.4 Å². The molecule has 1 aliphatic carbocycles. The summed E-state index contributed by atoms with van der Waals surface area (Å²) in [5.74, 6) is -0.238. The fraction of sp³-hybridized carbons (Fsp3) is 0.174. The zero-order valence-electron chi connectivity index (χ0n) is 15.5. The molecule has 2 aromatic rings. The van der Waals surface area contributed by atoms with Crippen molar-refractivity contribution >= 4 is 22.8 Å². The smallest absolute Gasteiger partial charge is 0.206 e. The van der Waals surface area contributed by atoms with Gasteiger partial charge in [-0.25, -0.2) is 0 Å². The van der Waals surface area contributed by atoms with Crippen LogP contribution in [0.4, 0.5) is 5.69 Å². The van der Waals surface area contributed by atoms with E-state index >= 15 is 0 Å². The van der Waals surface area contributed by atoms with Gasteiger partial charge in [0.15, 0.2) is 0 Å². The molecule has 2 aliphatic rings. The number of hydrogen-bond donors (Lipinski definition) is 0. The number of carbonyl (C=O) groups is 1. The zero-order chi connectivity index (χ0) is 19.2. The number of likely N-dealkylation sites (N-methyl/N-ethyl adjacent to an activating group) is 1. The van der Waals surface area contributed by atoms with Gasteiger partial charge in [-0.1, -0.05) is 56.3 Å². The molecule has 0 saturated heterocycles. The lowest BCUT2D eigenvalue weighted by atomic mass is 9.84. The first kappa shape index (κ1) is 17.0. The predicted octanol–water partition coefficient (Wildman–Crippen LogP) is 4.23. The highest BCUT2D eigenvalue weighted by atomic mass is 16.1. The van der Waals surface area contributed by atoms with Crippen LogP contribution in [0.15, 0.2) is 71.5 Å². The largest absolute Gasteiger partial charge is 0.346 e. The normalized spacial score (nSPS) is 20.3. The number of fused-ring (bicyclic) bond motifs is 2. The second kappa shape index (κ2) is 6.07. The van der Waals surface area contributed by atoms with Gasteiger partial charge >= 0.3 is 0 Å². The van der Waals surface area contributed by atoms with Crippen LogP contribution in [0.2, 0.25) is 0 Å². The van der Waals surface area contributed by atoms with Crippen LogP contribution >= 0.6 is 0 Å². The molecule has 4 nitrogen and oxygen atoms in total. The molecule has 0 radical (unpaired) electrons. The van der Waals surface area contributed by atoms with Crippen molar-refractivity contribution in [1.82, 2.24) is 0 Å². The third kappa shape index (κ3) is 2.51. The van der Waals surface area contributed by atoms with Crippen LogP contribution in [0.3, 0.4) is 0 Å². The second-order valence-corrected chi connectivity index (χ2v) is 7.27. The minimum atomic E-state index is -0.238. The monoisotopic (exact) mass is 353 g/mol.